The van der Waals surface area contributed by atoms with Gasteiger partial charge in [0.2, 0.25) is 0 Å². The number of likely N-dealkylation sites (tertiary alicyclic amines) is 1. The van der Waals surface area contributed by atoms with Crippen LogP contribution in [0.25, 0.3) is 0 Å². The first kappa shape index (κ1) is 12.9. The number of nitrogens with two attached hydrogens (primary N) is 1. The van der Waals surface area contributed by atoms with Crippen molar-refractivity contribution in [2.24, 2.45) is 11.8 Å². The van der Waals surface area contributed by atoms with E-state index in [2.05, 4.69) is 46.8 Å². The first-order valence-corrected chi connectivity index (χ1v) is 7.11. The van der Waals surface area contributed by atoms with E-state index in [-0.39, 0.29) is 0 Å². The molecule has 0 amide bonds. The summed E-state index contributed by atoms with van der Waals surface area (Å²) >= 11 is 3.50. The van der Waals surface area contributed by atoms with Crippen molar-refractivity contribution in [2.75, 3.05) is 18.8 Å². The zero-order valence-corrected chi connectivity index (χ0v) is 12.2. The summed E-state index contributed by atoms with van der Waals surface area (Å²) in [6, 6.07) is 6.19. The number of benzene rings is 1. The number of anilines is 1. The van der Waals surface area contributed by atoms with Crippen LogP contribution in [-0.4, -0.2) is 18.0 Å². The maximum Gasteiger partial charge on any atom is 0.0328 e. The van der Waals surface area contributed by atoms with Crippen LogP contribution in [0.3, 0.4) is 0 Å². The minimum atomic E-state index is 0.799. The van der Waals surface area contributed by atoms with E-state index >= 15 is 0 Å². The van der Waals surface area contributed by atoms with Crippen LogP contribution >= 0.6 is 15.9 Å². The topological polar surface area (TPSA) is 29.3 Å². The van der Waals surface area contributed by atoms with Crippen molar-refractivity contribution in [3.05, 3.63) is 28.2 Å². The van der Waals surface area contributed by atoms with Gasteiger partial charge < -0.3 is 5.73 Å². The van der Waals surface area contributed by atoms with E-state index in [1.54, 1.807) is 0 Å². The number of nitrogens with zero attached hydrogens (tertiary/aromatic N) is 1. The average molecular weight is 297 g/mol. The van der Waals surface area contributed by atoms with Gasteiger partial charge in [0.1, 0.15) is 0 Å². The molecule has 2 N–H and O–H groups in total. The van der Waals surface area contributed by atoms with Gasteiger partial charge in [-0.05, 0) is 48.6 Å². The molecule has 0 aliphatic carbocycles. The summed E-state index contributed by atoms with van der Waals surface area (Å²) in [5.74, 6) is 1.66. The highest BCUT2D eigenvalue weighted by molar-refractivity contribution is 9.10. The van der Waals surface area contributed by atoms with E-state index in [4.69, 9.17) is 5.73 Å². The van der Waals surface area contributed by atoms with Crippen molar-refractivity contribution in [1.29, 1.82) is 0 Å². The molecule has 0 bridgehead atoms. The van der Waals surface area contributed by atoms with Gasteiger partial charge in [-0.2, -0.15) is 0 Å². The van der Waals surface area contributed by atoms with Crippen LogP contribution < -0.4 is 5.73 Å². The number of piperidine rings is 1. The third kappa shape index (κ3) is 3.46. The Bertz CT molecular complexity index is 372. The molecular weight excluding hydrogens is 276 g/mol. The number of rotatable bonds is 2. The van der Waals surface area contributed by atoms with Gasteiger partial charge in [-0.25, -0.2) is 0 Å². The lowest BCUT2D eigenvalue weighted by Crippen LogP contribution is -2.37. The number of halogens is 1. The van der Waals surface area contributed by atoms with Gasteiger partial charge in [-0.3, -0.25) is 4.90 Å². The Morgan fingerprint density at radius 2 is 2.06 bits per heavy atom. The van der Waals surface area contributed by atoms with E-state index in [0.717, 1.165) is 28.5 Å². The molecule has 2 rings (SSSR count). The first-order chi connectivity index (χ1) is 8.04. The van der Waals surface area contributed by atoms with Crippen molar-refractivity contribution >= 4 is 21.6 Å². The molecule has 1 aliphatic rings. The van der Waals surface area contributed by atoms with Gasteiger partial charge in [-0.1, -0.05) is 29.8 Å². The number of nitrogen functional groups attached to an aromatic ring is 1. The normalized spacial score (nSPS) is 26.1. The van der Waals surface area contributed by atoms with E-state index in [1.165, 1.54) is 25.1 Å². The Labute approximate surface area is 112 Å². The van der Waals surface area contributed by atoms with Gasteiger partial charge in [0.25, 0.3) is 0 Å². The van der Waals surface area contributed by atoms with Crippen LogP contribution in [0.1, 0.15) is 25.8 Å². The second-order valence-corrected chi connectivity index (χ2v) is 6.29. The summed E-state index contributed by atoms with van der Waals surface area (Å²) in [4.78, 5) is 2.53. The Balaban J connectivity index is 2.01. The van der Waals surface area contributed by atoms with E-state index in [1.807, 2.05) is 6.07 Å². The minimum Gasteiger partial charge on any atom is -0.399 e. The highest BCUT2D eigenvalue weighted by Crippen LogP contribution is 2.25. The molecule has 1 aliphatic heterocycles. The summed E-state index contributed by atoms with van der Waals surface area (Å²) in [6.07, 6.45) is 1.31. The first-order valence-electron chi connectivity index (χ1n) is 6.32. The number of hydrogen-bond acceptors (Lipinski definition) is 2. The lowest BCUT2D eigenvalue weighted by molar-refractivity contribution is 0.132. The van der Waals surface area contributed by atoms with Gasteiger partial charge in [0, 0.05) is 23.2 Å². The van der Waals surface area contributed by atoms with Crippen LogP contribution in [0.4, 0.5) is 5.69 Å². The monoisotopic (exact) mass is 296 g/mol. The molecule has 94 valence electrons. The number of hydrogen-bond donors (Lipinski definition) is 1. The molecule has 3 heteroatoms. The summed E-state index contributed by atoms with van der Waals surface area (Å²) in [7, 11) is 0. The second kappa shape index (κ2) is 5.40. The molecule has 0 spiro atoms. The smallest absolute Gasteiger partial charge is 0.0328 e. The van der Waals surface area contributed by atoms with E-state index in [9.17, 15) is 0 Å². The second-order valence-electron chi connectivity index (χ2n) is 5.37. The third-order valence-electron chi connectivity index (χ3n) is 3.80. The maximum atomic E-state index is 5.87. The molecule has 17 heavy (non-hydrogen) atoms. The molecule has 1 saturated heterocycles. The quantitative estimate of drug-likeness (QED) is 0.846. The fraction of sp³-hybridized carbons (Fsp3) is 0.571. The zero-order chi connectivity index (χ0) is 12.4. The SMILES string of the molecule is CC1CCN(Cc2cc(N)cc(Br)c2)CC1C. The van der Waals surface area contributed by atoms with Gasteiger partial charge in [-0.15, -0.1) is 0 Å². The van der Waals surface area contributed by atoms with E-state index in [0.29, 0.717) is 0 Å². The largest absolute Gasteiger partial charge is 0.399 e. The minimum absolute atomic E-state index is 0.799. The van der Waals surface area contributed by atoms with Crippen molar-refractivity contribution in [3.8, 4) is 0 Å². The highest BCUT2D eigenvalue weighted by atomic mass is 79.9. The van der Waals surface area contributed by atoms with Gasteiger partial charge in [0.15, 0.2) is 0 Å². The standard InChI is InChI=1S/C14H21BrN2/c1-10-3-4-17(8-11(10)2)9-12-5-13(15)7-14(16)6-12/h5-7,10-11H,3-4,8-9,16H2,1-2H3. The lowest BCUT2D eigenvalue weighted by atomic mass is 9.88. The van der Waals surface area contributed by atoms with Crippen LogP contribution in [0.15, 0.2) is 22.7 Å². The lowest BCUT2D eigenvalue weighted by Gasteiger charge is -2.35. The van der Waals surface area contributed by atoms with E-state index < -0.39 is 0 Å². The Morgan fingerprint density at radius 3 is 2.71 bits per heavy atom. The predicted octanol–water partition coefficient (Wildman–Crippen LogP) is 3.51. The summed E-state index contributed by atoms with van der Waals surface area (Å²) < 4.78 is 1.07. The Morgan fingerprint density at radius 1 is 1.29 bits per heavy atom. The molecule has 0 radical (unpaired) electrons. The Kier molecular flexibility index (Phi) is 4.10. The van der Waals surface area contributed by atoms with Crippen LogP contribution in [0, 0.1) is 11.8 Å². The van der Waals surface area contributed by atoms with Crippen LogP contribution in [0.5, 0.6) is 0 Å². The summed E-state index contributed by atoms with van der Waals surface area (Å²) in [5.41, 5.74) is 8.01. The third-order valence-corrected chi connectivity index (χ3v) is 4.26. The van der Waals surface area contributed by atoms with Gasteiger partial charge in [0.05, 0.1) is 0 Å². The average Bonchev–Trinajstić information content (AvgIpc) is 2.22. The van der Waals surface area contributed by atoms with Crippen molar-refractivity contribution in [3.63, 3.8) is 0 Å². The molecule has 2 atom stereocenters. The fourth-order valence-electron chi connectivity index (χ4n) is 2.52. The highest BCUT2D eigenvalue weighted by Gasteiger charge is 2.22. The molecule has 1 fully saturated rings. The molecule has 0 aromatic heterocycles. The predicted molar refractivity (Wildman–Crippen MR) is 76.8 cm³/mol. The molecule has 1 aromatic carbocycles. The molecule has 2 unspecified atom stereocenters. The summed E-state index contributed by atoms with van der Waals surface area (Å²) in [6.45, 7) is 8.14. The Hall–Kier alpha value is -0.540. The molecule has 1 aromatic rings. The fourth-order valence-corrected chi connectivity index (χ4v) is 3.08. The zero-order valence-electron chi connectivity index (χ0n) is 10.6. The van der Waals surface area contributed by atoms with Crippen LogP contribution in [0.2, 0.25) is 0 Å². The van der Waals surface area contributed by atoms with Crippen molar-refractivity contribution < 1.29 is 0 Å². The molecular formula is C14H21BrN2. The van der Waals surface area contributed by atoms with Crippen molar-refractivity contribution in [1.82, 2.24) is 4.90 Å². The van der Waals surface area contributed by atoms with Crippen molar-refractivity contribution in [2.45, 2.75) is 26.8 Å². The summed E-state index contributed by atoms with van der Waals surface area (Å²) in [5, 5.41) is 0. The molecule has 1 heterocycles. The maximum absolute atomic E-state index is 5.87. The van der Waals surface area contributed by atoms with Crippen LogP contribution in [-0.2, 0) is 6.54 Å². The van der Waals surface area contributed by atoms with Gasteiger partial charge >= 0.3 is 0 Å². The molecule has 2 nitrogen and oxygen atoms in total. The molecule has 0 saturated carbocycles.